The molecule has 0 unspecified atom stereocenters. The van der Waals surface area contributed by atoms with Crippen molar-refractivity contribution in [2.24, 2.45) is 0 Å². The molecule has 17 heavy (non-hydrogen) atoms. The van der Waals surface area contributed by atoms with Crippen LogP contribution in [0.2, 0.25) is 0 Å². The van der Waals surface area contributed by atoms with E-state index in [4.69, 9.17) is 0 Å². The first-order chi connectivity index (χ1) is 8.18. The number of para-hydroxylation sites is 1. The number of nitrogens with one attached hydrogen (secondary N) is 1. The van der Waals surface area contributed by atoms with Crippen molar-refractivity contribution in [1.29, 1.82) is 0 Å². The highest BCUT2D eigenvalue weighted by atomic mass is 127. The predicted octanol–water partition coefficient (Wildman–Crippen LogP) is 3.85. The second kappa shape index (κ2) is 5.31. The highest BCUT2D eigenvalue weighted by Crippen LogP contribution is 2.18. The Labute approximate surface area is 114 Å². The van der Waals surface area contributed by atoms with Gasteiger partial charge < -0.3 is 5.32 Å². The van der Waals surface area contributed by atoms with Crippen LogP contribution in [0.5, 0.6) is 0 Å². The lowest BCUT2D eigenvalue weighted by molar-refractivity contribution is 0.102. The van der Waals surface area contributed by atoms with Gasteiger partial charge in [0.2, 0.25) is 0 Å². The van der Waals surface area contributed by atoms with Gasteiger partial charge >= 0.3 is 0 Å². The van der Waals surface area contributed by atoms with Crippen molar-refractivity contribution < 1.29 is 4.79 Å². The summed E-state index contributed by atoms with van der Waals surface area (Å²) < 4.78 is 1.03. The van der Waals surface area contributed by atoms with Gasteiger partial charge in [0.1, 0.15) is 0 Å². The SMILES string of the molecule is Cc1ccccc1C(=O)Nc1ccccc1I. The molecule has 86 valence electrons. The molecule has 2 rings (SSSR count). The molecule has 0 heterocycles. The van der Waals surface area contributed by atoms with Crippen LogP contribution >= 0.6 is 22.6 Å². The van der Waals surface area contributed by atoms with Gasteiger partial charge in [-0.1, -0.05) is 30.3 Å². The van der Waals surface area contributed by atoms with Gasteiger partial charge in [0, 0.05) is 9.13 Å². The van der Waals surface area contributed by atoms with Gasteiger partial charge in [0.05, 0.1) is 5.69 Å². The molecule has 2 aromatic carbocycles. The zero-order valence-corrected chi connectivity index (χ0v) is 11.6. The molecule has 2 aromatic rings. The zero-order chi connectivity index (χ0) is 12.3. The van der Waals surface area contributed by atoms with Crippen LogP contribution in [0.25, 0.3) is 0 Å². The summed E-state index contributed by atoms with van der Waals surface area (Å²) in [6.07, 6.45) is 0. The van der Waals surface area contributed by atoms with Gasteiger partial charge in [-0.15, -0.1) is 0 Å². The van der Waals surface area contributed by atoms with E-state index in [1.54, 1.807) is 0 Å². The minimum absolute atomic E-state index is 0.0628. The number of hydrogen-bond acceptors (Lipinski definition) is 1. The number of carbonyl (C=O) groups is 1. The first kappa shape index (κ1) is 12.1. The van der Waals surface area contributed by atoms with Crippen LogP contribution in [0, 0.1) is 10.5 Å². The average molecular weight is 337 g/mol. The molecule has 3 heteroatoms. The summed E-state index contributed by atoms with van der Waals surface area (Å²) in [5.74, 6) is -0.0628. The number of rotatable bonds is 2. The average Bonchev–Trinajstić information content (AvgIpc) is 2.32. The second-order valence-corrected chi connectivity index (χ2v) is 4.91. The number of anilines is 1. The monoisotopic (exact) mass is 337 g/mol. The van der Waals surface area contributed by atoms with E-state index in [2.05, 4.69) is 27.9 Å². The van der Waals surface area contributed by atoms with Crippen molar-refractivity contribution in [1.82, 2.24) is 0 Å². The number of amides is 1. The molecule has 0 aliphatic rings. The summed E-state index contributed by atoms with van der Waals surface area (Å²) in [4.78, 5) is 12.1. The maximum absolute atomic E-state index is 12.1. The fourth-order valence-electron chi connectivity index (χ4n) is 1.58. The quantitative estimate of drug-likeness (QED) is 0.829. The van der Waals surface area contributed by atoms with Gasteiger partial charge in [0.25, 0.3) is 5.91 Å². The molecule has 0 aliphatic heterocycles. The number of benzene rings is 2. The molecule has 0 spiro atoms. The van der Waals surface area contributed by atoms with Gasteiger partial charge in [-0.3, -0.25) is 4.79 Å². The minimum atomic E-state index is -0.0628. The Bertz CT molecular complexity index is 551. The molecular weight excluding hydrogens is 325 g/mol. The van der Waals surface area contributed by atoms with E-state index < -0.39 is 0 Å². The van der Waals surface area contributed by atoms with Gasteiger partial charge in [0.15, 0.2) is 0 Å². The summed E-state index contributed by atoms with van der Waals surface area (Å²) in [7, 11) is 0. The topological polar surface area (TPSA) is 29.1 Å². The third kappa shape index (κ3) is 2.85. The Kier molecular flexibility index (Phi) is 3.78. The van der Waals surface area contributed by atoms with Crippen molar-refractivity contribution >= 4 is 34.2 Å². The van der Waals surface area contributed by atoms with Gasteiger partial charge in [-0.05, 0) is 53.3 Å². The number of halogens is 1. The summed E-state index contributed by atoms with van der Waals surface area (Å²) in [6.45, 7) is 1.94. The van der Waals surface area contributed by atoms with Crippen LogP contribution in [-0.2, 0) is 0 Å². The summed E-state index contributed by atoms with van der Waals surface area (Å²) >= 11 is 2.21. The third-order valence-corrected chi connectivity index (χ3v) is 3.45. The Morgan fingerprint density at radius 1 is 1.06 bits per heavy atom. The van der Waals surface area contributed by atoms with E-state index in [0.717, 1.165) is 14.8 Å². The van der Waals surface area contributed by atoms with E-state index in [1.165, 1.54) is 0 Å². The normalized spacial score (nSPS) is 10.0. The minimum Gasteiger partial charge on any atom is -0.321 e. The van der Waals surface area contributed by atoms with Crippen molar-refractivity contribution in [3.05, 3.63) is 63.2 Å². The van der Waals surface area contributed by atoms with Crippen molar-refractivity contribution in [3.8, 4) is 0 Å². The Morgan fingerprint density at radius 3 is 2.41 bits per heavy atom. The number of aryl methyl sites for hydroxylation is 1. The van der Waals surface area contributed by atoms with Crippen molar-refractivity contribution in [2.75, 3.05) is 5.32 Å². The van der Waals surface area contributed by atoms with Crippen LogP contribution in [0.15, 0.2) is 48.5 Å². The predicted molar refractivity (Wildman–Crippen MR) is 78.3 cm³/mol. The Morgan fingerprint density at radius 2 is 1.71 bits per heavy atom. The Hall–Kier alpha value is -1.36. The summed E-state index contributed by atoms with van der Waals surface area (Å²) in [5.41, 5.74) is 2.55. The van der Waals surface area contributed by atoms with Crippen LogP contribution in [0.1, 0.15) is 15.9 Å². The smallest absolute Gasteiger partial charge is 0.255 e. The molecule has 0 fully saturated rings. The van der Waals surface area contributed by atoms with Gasteiger partial charge in [-0.2, -0.15) is 0 Å². The lowest BCUT2D eigenvalue weighted by atomic mass is 10.1. The maximum Gasteiger partial charge on any atom is 0.255 e. The zero-order valence-electron chi connectivity index (χ0n) is 9.41. The number of hydrogen-bond donors (Lipinski definition) is 1. The molecule has 0 atom stereocenters. The van der Waals surface area contributed by atoms with E-state index in [9.17, 15) is 4.79 Å². The van der Waals surface area contributed by atoms with E-state index in [0.29, 0.717) is 5.56 Å². The van der Waals surface area contributed by atoms with Crippen LogP contribution in [-0.4, -0.2) is 5.91 Å². The van der Waals surface area contributed by atoms with E-state index in [-0.39, 0.29) is 5.91 Å². The summed E-state index contributed by atoms with van der Waals surface area (Å²) in [5, 5.41) is 2.92. The molecule has 0 bridgehead atoms. The molecular formula is C14H12INO. The van der Waals surface area contributed by atoms with Crippen LogP contribution < -0.4 is 5.32 Å². The van der Waals surface area contributed by atoms with Crippen LogP contribution in [0.4, 0.5) is 5.69 Å². The fourth-order valence-corrected chi connectivity index (χ4v) is 2.10. The van der Waals surface area contributed by atoms with E-state index >= 15 is 0 Å². The first-order valence-electron chi connectivity index (χ1n) is 5.30. The third-order valence-electron chi connectivity index (χ3n) is 2.51. The van der Waals surface area contributed by atoms with Crippen molar-refractivity contribution in [2.45, 2.75) is 6.92 Å². The fraction of sp³-hybridized carbons (Fsp3) is 0.0714. The largest absolute Gasteiger partial charge is 0.321 e. The highest BCUT2D eigenvalue weighted by molar-refractivity contribution is 14.1. The molecule has 0 saturated heterocycles. The van der Waals surface area contributed by atoms with Crippen molar-refractivity contribution in [3.63, 3.8) is 0 Å². The Balaban J connectivity index is 2.24. The maximum atomic E-state index is 12.1. The molecule has 2 nitrogen and oxygen atoms in total. The standard InChI is InChI=1S/C14H12INO/c1-10-6-2-3-7-11(10)14(17)16-13-9-5-4-8-12(13)15/h2-9H,1H3,(H,16,17). The lowest BCUT2D eigenvalue weighted by Crippen LogP contribution is -2.13. The second-order valence-electron chi connectivity index (χ2n) is 3.75. The molecule has 0 aliphatic carbocycles. The molecule has 0 aromatic heterocycles. The van der Waals surface area contributed by atoms with Crippen LogP contribution in [0.3, 0.4) is 0 Å². The summed E-state index contributed by atoms with van der Waals surface area (Å²) in [6, 6.07) is 15.3. The molecule has 0 radical (unpaired) electrons. The molecule has 1 N–H and O–H groups in total. The van der Waals surface area contributed by atoms with E-state index in [1.807, 2.05) is 55.5 Å². The molecule has 1 amide bonds. The highest BCUT2D eigenvalue weighted by Gasteiger charge is 2.09. The van der Waals surface area contributed by atoms with Gasteiger partial charge in [-0.25, -0.2) is 0 Å². The molecule has 0 saturated carbocycles. The number of carbonyl (C=O) groups excluding carboxylic acids is 1. The lowest BCUT2D eigenvalue weighted by Gasteiger charge is -2.08. The first-order valence-corrected chi connectivity index (χ1v) is 6.38.